The second-order valence-electron chi connectivity index (χ2n) is 7.03. The van der Waals surface area contributed by atoms with E-state index in [0.29, 0.717) is 0 Å². The van der Waals surface area contributed by atoms with Crippen molar-refractivity contribution in [3.63, 3.8) is 0 Å². The molecule has 3 aromatic rings. The molecule has 0 saturated heterocycles. The average molecular weight is 374 g/mol. The SMILES string of the molecule is CCN(CC)c1ccc(Nc2ccnc(N3CCc4ccccc4C3)n2)cc1. The molecular formula is C23H27N5. The van der Waals surface area contributed by atoms with Crippen LogP contribution in [0.4, 0.5) is 23.1 Å². The summed E-state index contributed by atoms with van der Waals surface area (Å²) in [5.41, 5.74) is 5.07. The van der Waals surface area contributed by atoms with Crippen LogP contribution in [0.1, 0.15) is 25.0 Å². The van der Waals surface area contributed by atoms with Crippen molar-refractivity contribution in [3.8, 4) is 0 Å². The van der Waals surface area contributed by atoms with Gasteiger partial charge in [-0.1, -0.05) is 24.3 Å². The van der Waals surface area contributed by atoms with E-state index < -0.39 is 0 Å². The van der Waals surface area contributed by atoms with Crippen LogP contribution in [-0.4, -0.2) is 29.6 Å². The normalized spacial score (nSPS) is 13.1. The highest BCUT2D eigenvalue weighted by atomic mass is 15.3. The van der Waals surface area contributed by atoms with Gasteiger partial charge >= 0.3 is 0 Å². The van der Waals surface area contributed by atoms with Crippen molar-refractivity contribution in [3.05, 3.63) is 71.9 Å². The molecule has 0 spiro atoms. The molecule has 0 radical (unpaired) electrons. The maximum absolute atomic E-state index is 4.75. The minimum atomic E-state index is 0.777. The van der Waals surface area contributed by atoms with Gasteiger partial charge in [0, 0.05) is 43.8 Å². The molecule has 1 aliphatic heterocycles. The van der Waals surface area contributed by atoms with Crippen LogP contribution in [0, 0.1) is 0 Å². The molecule has 5 nitrogen and oxygen atoms in total. The van der Waals surface area contributed by atoms with Crippen molar-refractivity contribution in [1.82, 2.24) is 9.97 Å². The van der Waals surface area contributed by atoms with Gasteiger partial charge in [0.15, 0.2) is 0 Å². The van der Waals surface area contributed by atoms with Gasteiger partial charge in [0.2, 0.25) is 5.95 Å². The molecule has 1 N–H and O–H groups in total. The molecule has 1 aliphatic rings. The maximum atomic E-state index is 4.75. The summed E-state index contributed by atoms with van der Waals surface area (Å²) in [7, 11) is 0. The lowest BCUT2D eigenvalue weighted by molar-refractivity contribution is 0.708. The lowest BCUT2D eigenvalue weighted by atomic mass is 10.0. The number of anilines is 4. The molecule has 5 heteroatoms. The Bertz CT molecular complexity index is 918. The van der Waals surface area contributed by atoms with Crippen LogP contribution >= 0.6 is 0 Å². The highest BCUT2D eigenvalue weighted by Gasteiger charge is 2.18. The molecule has 0 atom stereocenters. The summed E-state index contributed by atoms with van der Waals surface area (Å²) in [6.45, 7) is 8.18. The Labute approximate surface area is 167 Å². The van der Waals surface area contributed by atoms with Crippen molar-refractivity contribution < 1.29 is 0 Å². The molecule has 0 aliphatic carbocycles. The van der Waals surface area contributed by atoms with Crippen molar-refractivity contribution in [2.24, 2.45) is 0 Å². The van der Waals surface area contributed by atoms with Gasteiger partial charge in [-0.05, 0) is 61.7 Å². The minimum Gasteiger partial charge on any atom is -0.372 e. The first-order chi connectivity index (χ1) is 13.8. The van der Waals surface area contributed by atoms with Crippen molar-refractivity contribution in [1.29, 1.82) is 0 Å². The Morgan fingerprint density at radius 3 is 2.46 bits per heavy atom. The average Bonchev–Trinajstić information content (AvgIpc) is 2.75. The van der Waals surface area contributed by atoms with Gasteiger partial charge in [-0.3, -0.25) is 0 Å². The number of benzene rings is 2. The van der Waals surface area contributed by atoms with Crippen LogP contribution in [0.3, 0.4) is 0 Å². The largest absolute Gasteiger partial charge is 0.372 e. The predicted molar refractivity (Wildman–Crippen MR) is 117 cm³/mol. The molecular weight excluding hydrogens is 346 g/mol. The Morgan fingerprint density at radius 2 is 1.71 bits per heavy atom. The number of hydrogen-bond acceptors (Lipinski definition) is 5. The number of nitrogens with one attached hydrogen (secondary N) is 1. The van der Waals surface area contributed by atoms with Crippen LogP contribution in [0.25, 0.3) is 0 Å². The zero-order chi connectivity index (χ0) is 19.3. The van der Waals surface area contributed by atoms with E-state index in [1.54, 1.807) is 0 Å². The van der Waals surface area contributed by atoms with E-state index in [9.17, 15) is 0 Å². The van der Waals surface area contributed by atoms with Crippen molar-refractivity contribution in [2.75, 3.05) is 34.8 Å². The van der Waals surface area contributed by atoms with Crippen molar-refractivity contribution >= 4 is 23.1 Å². The summed E-state index contributed by atoms with van der Waals surface area (Å²) in [5.74, 6) is 1.60. The first-order valence-electron chi connectivity index (χ1n) is 10.0. The number of nitrogens with zero attached hydrogens (tertiary/aromatic N) is 4. The minimum absolute atomic E-state index is 0.777. The molecule has 0 fully saturated rings. The topological polar surface area (TPSA) is 44.3 Å². The van der Waals surface area contributed by atoms with Gasteiger partial charge in [-0.15, -0.1) is 0 Å². The van der Waals surface area contributed by atoms with Crippen molar-refractivity contribution in [2.45, 2.75) is 26.8 Å². The van der Waals surface area contributed by atoms with E-state index in [0.717, 1.165) is 50.1 Å². The summed E-state index contributed by atoms with van der Waals surface area (Å²) in [6, 6.07) is 19.1. The van der Waals surface area contributed by atoms with Gasteiger partial charge in [-0.25, -0.2) is 4.98 Å². The molecule has 1 aromatic heterocycles. The summed E-state index contributed by atoms with van der Waals surface area (Å²) in [5, 5.41) is 3.41. The fraction of sp³-hybridized carbons (Fsp3) is 0.304. The van der Waals surface area contributed by atoms with Crippen LogP contribution < -0.4 is 15.1 Å². The van der Waals surface area contributed by atoms with E-state index >= 15 is 0 Å². The number of hydrogen-bond donors (Lipinski definition) is 1. The highest BCUT2D eigenvalue weighted by molar-refractivity contribution is 5.61. The van der Waals surface area contributed by atoms with E-state index in [-0.39, 0.29) is 0 Å². The van der Waals surface area contributed by atoms with E-state index in [4.69, 9.17) is 4.98 Å². The highest BCUT2D eigenvalue weighted by Crippen LogP contribution is 2.24. The first-order valence-corrected chi connectivity index (χ1v) is 10.0. The Balaban J connectivity index is 1.47. The maximum Gasteiger partial charge on any atom is 0.227 e. The van der Waals surface area contributed by atoms with Gasteiger partial charge in [-0.2, -0.15) is 4.98 Å². The third-order valence-electron chi connectivity index (χ3n) is 5.32. The third kappa shape index (κ3) is 3.93. The van der Waals surface area contributed by atoms with Crippen LogP contribution in [-0.2, 0) is 13.0 Å². The first kappa shape index (κ1) is 18.3. The summed E-state index contributed by atoms with van der Waals surface area (Å²) >= 11 is 0. The predicted octanol–water partition coefficient (Wildman–Crippen LogP) is 4.63. The number of fused-ring (bicyclic) bond motifs is 1. The fourth-order valence-electron chi connectivity index (χ4n) is 3.73. The molecule has 4 rings (SSSR count). The molecule has 0 bridgehead atoms. The standard InChI is InChI=1S/C23H27N5/c1-3-27(4-2)21-11-9-20(10-12-21)25-22-13-15-24-23(26-22)28-16-14-18-7-5-6-8-19(18)17-28/h5-13,15H,3-4,14,16-17H2,1-2H3,(H,24,25,26). The van der Waals surface area contributed by atoms with E-state index in [2.05, 4.69) is 82.5 Å². The fourth-order valence-corrected chi connectivity index (χ4v) is 3.73. The molecule has 28 heavy (non-hydrogen) atoms. The zero-order valence-electron chi connectivity index (χ0n) is 16.6. The summed E-state index contributed by atoms with van der Waals surface area (Å²) < 4.78 is 0. The number of rotatable bonds is 6. The lowest BCUT2D eigenvalue weighted by Crippen LogP contribution is -2.31. The second kappa shape index (κ2) is 8.30. The van der Waals surface area contributed by atoms with E-state index in [1.807, 2.05) is 12.3 Å². The molecule has 0 amide bonds. The van der Waals surface area contributed by atoms with Crippen LogP contribution in [0.2, 0.25) is 0 Å². The van der Waals surface area contributed by atoms with Gasteiger partial charge < -0.3 is 15.1 Å². The molecule has 0 saturated carbocycles. The molecule has 2 heterocycles. The van der Waals surface area contributed by atoms with Crippen LogP contribution in [0.15, 0.2) is 60.8 Å². The van der Waals surface area contributed by atoms with Gasteiger partial charge in [0.05, 0.1) is 0 Å². The molecule has 144 valence electrons. The monoisotopic (exact) mass is 373 g/mol. The number of aromatic nitrogens is 2. The van der Waals surface area contributed by atoms with Gasteiger partial charge in [0.25, 0.3) is 0 Å². The second-order valence-corrected chi connectivity index (χ2v) is 7.03. The summed E-state index contributed by atoms with van der Waals surface area (Å²) in [6.07, 6.45) is 2.86. The Kier molecular flexibility index (Phi) is 5.42. The Hall–Kier alpha value is -3.08. The smallest absolute Gasteiger partial charge is 0.227 e. The zero-order valence-corrected chi connectivity index (χ0v) is 16.6. The van der Waals surface area contributed by atoms with Gasteiger partial charge in [0.1, 0.15) is 5.82 Å². The van der Waals surface area contributed by atoms with E-state index in [1.165, 1.54) is 16.8 Å². The molecule has 0 unspecified atom stereocenters. The quantitative estimate of drug-likeness (QED) is 0.682. The molecule has 2 aromatic carbocycles. The lowest BCUT2D eigenvalue weighted by Gasteiger charge is -2.29. The third-order valence-corrected chi connectivity index (χ3v) is 5.32. The Morgan fingerprint density at radius 1 is 0.964 bits per heavy atom. The summed E-state index contributed by atoms with van der Waals surface area (Å²) in [4.78, 5) is 13.8. The van der Waals surface area contributed by atoms with Crippen LogP contribution in [0.5, 0.6) is 0 Å².